The van der Waals surface area contributed by atoms with Gasteiger partial charge in [0.25, 0.3) is 5.91 Å². The fourth-order valence-corrected chi connectivity index (χ4v) is 3.58. The molecule has 1 amide bonds. The summed E-state index contributed by atoms with van der Waals surface area (Å²) in [5.41, 5.74) is 0.982. The Balaban J connectivity index is 2.28. The van der Waals surface area contributed by atoms with Gasteiger partial charge in [-0.3, -0.25) is 9.59 Å². The van der Waals surface area contributed by atoms with Crippen molar-refractivity contribution in [3.63, 3.8) is 0 Å². The number of benzene rings is 1. The van der Waals surface area contributed by atoms with Crippen LogP contribution in [-0.4, -0.2) is 36.5 Å². The topological polar surface area (TPSA) is 46.6 Å². The van der Waals surface area contributed by atoms with Gasteiger partial charge in [0, 0.05) is 11.2 Å². The third-order valence-corrected chi connectivity index (χ3v) is 4.70. The maximum atomic E-state index is 12.8. The lowest BCUT2D eigenvalue weighted by molar-refractivity contribution is -0.143. The van der Waals surface area contributed by atoms with Crippen molar-refractivity contribution in [2.45, 2.75) is 27.2 Å². The molecule has 118 valence electrons. The average Bonchev–Trinajstić information content (AvgIpc) is 2.84. The van der Waals surface area contributed by atoms with E-state index in [-0.39, 0.29) is 18.4 Å². The minimum Gasteiger partial charge on any atom is -0.465 e. The van der Waals surface area contributed by atoms with E-state index in [2.05, 4.69) is 0 Å². The average molecular weight is 319 g/mol. The van der Waals surface area contributed by atoms with Gasteiger partial charge in [-0.1, -0.05) is 25.1 Å². The molecule has 1 heterocycles. The van der Waals surface area contributed by atoms with Crippen molar-refractivity contribution in [3.8, 4) is 0 Å². The Hall–Kier alpha value is -1.88. The van der Waals surface area contributed by atoms with Crippen LogP contribution in [0.25, 0.3) is 10.1 Å². The Labute approximate surface area is 134 Å². The van der Waals surface area contributed by atoms with Crippen molar-refractivity contribution in [2.75, 3.05) is 19.7 Å². The van der Waals surface area contributed by atoms with E-state index in [0.717, 1.165) is 22.1 Å². The lowest BCUT2D eigenvalue weighted by atomic mass is 10.1. The van der Waals surface area contributed by atoms with E-state index < -0.39 is 0 Å². The Morgan fingerprint density at radius 3 is 2.59 bits per heavy atom. The lowest BCUT2D eigenvalue weighted by Crippen LogP contribution is -2.37. The number of ether oxygens (including phenoxy) is 1. The predicted molar refractivity (Wildman–Crippen MR) is 89.4 cm³/mol. The normalized spacial score (nSPS) is 10.7. The van der Waals surface area contributed by atoms with E-state index in [0.29, 0.717) is 18.0 Å². The molecule has 0 aliphatic rings. The van der Waals surface area contributed by atoms with Crippen molar-refractivity contribution in [2.24, 2.45) is 0 Å². The molecular formula is C17H21NO3S. The van der Waals surface area contributed by atoms with Gasteiger partial charge in [0.15, 0.2) is 0 Å². The van der Waals surface area contributed by atoms with Crippen LogP contribution < -0.4 is 0 Å². The van der Waals surface area contributed by atoms with Crippen LogP contribution in [0, 0.1) is 6.92 Å². The molecule has 0 N–H and O–H groups in total. The highest BCUT2D eigenvalue weighted by molar-refractivity contribution is 7.21. The Morgan fingerprint density at radius 2 is 1.95 bits per heavy atom. The van der Waals surface area contributed by atoms with Crippen molar-refractivity contribution in [3.05, 3.63) is 34.7 Å². The van der Waals surface area contributed by atoms with E-state index in [1.165, 1.54) is 11.3 Å². The molecule has 0 bridgehead atoms. The zero-order valence-electron chi connectivity index (χ0n) is 13.2. The number of fused-ring (bicyclic) bond motifs is 1. The Morgan fingerprint density at radius 1 is 1.23 bits per heavy atom. The zero-order valence-corrected chi connectivity index (χ0v) is 14.0. The zero-order chi connectivity index (χ0) is 16.1. The fourth-order valence-electron chi connectivity index (χ4n) is 2.41. The van der Waals surface area contributed by atoms with Gasteiger partial charge >= 0.3 is 5.97 Å². The summed E-state index contributed by atoms with van der Waals surface area (Å²) in [7, 11) is 0. The smallest absolute Gasteiger partial charge is 0.325 e. The van der Waals surface area contributed by atoms with Crippen LogP contribution in [0.15, 0.2) is 24.3 Å². The largest absolute Gasteiger partial charge is 0.465 e. The summed E-state index contributed by atoms with van der Waals surface area (Å²) < 4.78 is 6.06. The van der Waals surface area contributed by atoms with Crippen LogP contribution in [0.2, 0.25) is 0 Å². The van der Waals surface area contributed by atoms with Crippen LogP contribution in [0.5, 0.6) is 0 Å². The second-order valence-corrected chi connectivity index (χ2v) is 6.14. The standard InChI is InChI=1S/C17H21NO3S/c1-4-10-18(11-15(19)21-5-2)17(20)16-12(3)13-8-6-7-9-14(13)22-16/h6-9H,4-5,10-11H2,1-3H3. The van der Waals surface area contributed by atoms with Crippen LogP contribution in [0.4, 0.5) is 0 Å². The molecule has 0 unspecified atom stereocenters. The van der Waals surface area contributed by atoms with Crippen LogP contribution >= 0.6 is 11.3 Å². The van der Waals surface area contributed by atoms with E-state index >= 15 is 0 Å². The minimum atomic E-state index is -0.358. The van der Waals surface area contributed by atoms with Gasteiger partial charge in [-0.2, -0.15) is 0 Å². The van der Waals surface area contributed by atoms with Gasteiger partial charge in [0.2, 0.25) is 0 Å². The molecule has 0 saturated carbocycles. The quantitative estimate of drug-likeness (QED) is 0.764. The van der Waals surface area contributed by atoms with Crippen molar-refractivity contribution >= 4 is 33.3 Å². The SMILES string of the molecule is CCCN(CC(=O)OCC)C(=O)c1sc2ccccc2c1C. The molecule has 0 aliphatic heterocycles. The number of amides is 1. The highest BCUT2D eigenvalue weighted by Gasteiger charge is 2.23. The number of carbonyl (C=O) groups excluding carboxylic acids is 2. The third-order valence-electron chi connectivity index (χ3n) is 3.44. The molecule has 1 aromatic carbocycles. The van der Waals surface area contributed by atoms with E-state index in [9.17, 15) is 9.59 Å². The van der Waals surface area contributed by atoms with E-state index in [4.69, 9.17) is 4.74 Å². The van der Waals surface area contributed by atoms with E-state index in [1.54, 1.807) is 11.8 Å². The number of thiophene rings is 1. The summed E-state index contributed by atoms with van der Waals surface area (Å²) in [6.45, 7) is 6.60. The van der Waals surface area contributed by atoms with Gasteiger partial charge in [-0.25, -0.2) is 0 Å². The molecule has 1 aromatic heterocycles. The van der Waals surface area contributed by atoms with Gasteiger partial charge in [-0.15, -0.1) is 11.3 Å². The number of esters is 1. The van der Waals surface area contributed by atoms with Crippen molar-refractivity contribution < 1.29 is 14.3 Å². The second kappa shape index (κ2) is 7.40. The fraction of sp³-hybridized carbons (Fsp3) is 0.412. The number of rotatable bonds is 6. The molecule has 0 aliphatic carbocycles. The van der Waals surface area contributed by atoms with Gasteiger partial charge in [0.05, 0.1) is 11.5 Å². The van der Waals surface area contributed by atoms with Crippen LogP contribution in [0.3, 0.4) is 0 Å². The first-order chi connectivity index (χ1) is 10.6. The maximum Gasteiger partial charge on any atom is 0.325 e. The molecule has 0 saturated heterocycles. The van der Waals surface area contributed by atoms with Crippen molar-refractivity contribution in [1.29, 1.82) is 0 Å². The van der Waals surface area contributed by atoms with Crippen LogP contribution in [-0.2, 0) is 9.53 Å². The summed E-state index contributed by atoms with van der Waals surface area (Å²) in [6, 6.07) is 7.97. The third kappa shape index (κ3) is 3.47. The first kappa shape index (κ1) is 16.5. The molecule has 5 heteroatoms. The first-order valence-electron chi connectivity index (χ1n) is 7.51. The van der Waals surface area contributed by atoms with Gasteiger partial charge in [-0.05, 0) is 37.3 Å². The monoisotopic (exact) mass is 319 g/mol. The number of carbonyl (C=O) groups is 2. The predicted octanol–water partition coefficient (Wildman–Crippen LogP) is 3.63. The number of aryl methyl sites for hydroxylation is 1. The second-order valence-electron chi connectivity index (χ2n) is 5.08. The van der Waals surface area contributed by atoms with Crippen molar-refractivity contribution in [1.82, 2.24) is 4.90 Å². The minimum absolute atomic E-state index is 0.00813. The Bertz CT molecular complexity index is 678. The lowest BCUT2D eigenvalue weighted by Gasteiger charge is -2.20. The maximum absolute atomic E-state index is 12.8. The van der Waals surface area contributed by atoms with E-state index in [1.807, 2.05) is 38.1 Å². The molecule has 4 nitrogen and oxygen atoms in total. The molecule has 0 atom stereocenters. The molecule has 2 rings (SSSR count). The number of nitrogens with zero attached hydrogens (tertiary/aromatic N) is 1. The Kier molecular flexibility index (Phi) is 5.55. The van der Waals surface area contributed by atoms with Gasteiger partial charge in [0.1, 0.15) is 6.54 Å². The first-order valence-corrected chi connectivity index (χ1v) is 8.33. The summed E-state index contributed by atoms with van der Waals surface area (Å²) in [5, 5.41) is 1.10. The molecule has 2 aromatic rings. The summed E-state index contributed by atoms with van der Waals surface area (Å²) >= 11 is 1.48. The van der Waals surface area contributed by atoms with Gasteiger partial charge < -0.3 is 9.64 Å². The summed E-state index contributed by atoms with van der Waals surface area (Å²) in [5.74, 6) is -0.448. The molecule has 22 heavy (non-hydrogen) atoms. The summed E-state index contributed by atoms with van der Waals surface area (Å²) in [6.07, 6.45) is 0.801. The molecule has 0 fully saturated rings. The number of hydrogen-bond donors (Lipinski definition) is 0. The molecular weight excluding hydrogens is 298 g/mol. The van der Waals surface area contributed by atoms with Crippen LogP contribution in [0.1, 0.15) is 35.5 Å². The molecule has 0 radical (unpaired) electrons. The molecule has 0 spiro atoms. The number of hydrogen-bond acceptors (Lipinski definition) is 4. The highest BCUT2D eigenvalue weighted by atomic mass is 32.1. The summed E-state index contributed by atoms with van der Waals surface area (Å²) in [4.78, 5) is 26.8. The highest BCUT2D eigenvalue weighted by Crippen LogP contribution is 2.31.